The summed E-state index contributed by atoms with van der Waals surface area (Å²) in [5.41, 5.74) is 5.59. The Bertz CT molecular complexity index is 376. The third kappa shape index (κ3) is 3.89. The molecule has 1 aromatic carbocycles. The summed E-state index contributed by atoms with van der Waals surface area (Å²) in [6, 6.07) is 7.39. The number of hydrogen-bond acceptors (Lipinski definition) is 4. The first kappa shape index (κ1) is 16.7. The van der Waals surface area contributed by atoms with Crippen LogP contribution in [0.3, 0.4) is 0 Å². The lowest BCUT2D eigenvalue weighted by molar-refractivity contribution is -0.146. The molecule has 4 nitrogen and oxygen atoms in total. The first-order chi connectivity index (χ1) is 8.02. The van der Waals surface area contributed by atoms with Crippen LogP contribution in [0.4, 0.5) is 0 Å². The molecule has 0 heterocycles. The topological polar surface area (TPSA) is 61.5 Å². The monoisotopic (exact) mass is 273 g/mol. The Morgan fingerprint density at radius 1 is 1.28 bits per heavy atom. The zero-order valence-corrected chi connectivity index (χ0v) is 11.8. The van der Waals surface area contributed by atoms with Crippen molar-refractivity contribution in [1.82, 2.24) is 0 Å². The van der Waals surface area contributed by atoms with Crippen LogP contribution < -0.4 is 10.5 Å². The van der Waals surface area contributed by atoms with E-state index >= 15 is 0 Å². The zero-order chi connectivity index (χ0) is 12.9. The Kier molecular flexibility index (Phi) is 6.73. The number of carbonyl (C=O) groups excluding carboxylic acids is 1. The molecule has 1 rings (SSSR count). The maximum absolute atomic E-state index is 11.6. The molecule has 0 saturated carbocycles. The van der Waals surface area contributed by atoms with E-state index in [0.29, 0.717) is 13.2 Å². The molecule has 18 heavy (non-hydrogen) atoms. The molecule has 2 N–H and O–H groups in total. The van der Waals surface area contributed by atoms with E-state index < -0.39 is 5.41 Å². The number of esters is 1. The maximum Gasteiger partial charge on any atom is 0.315 e. The molecule has 1 aromatic rings. The molecule has 0 aliphatic carbocycles. The number of hydrogen-bond donors (Lipinski definition) is 1. The minimum Gasteiger partial charge on any atom is -0.492 e. The van der Waals surface area contributed by atoms with Crippen LogP contribution in [-0.2, 0) is 14.9 Å². The second-order valence-corrected chi connectivity index (χ2v) is 4.28. The van der Waals surface area contributed by atoms with E-state index in [0.717, 1.165) is 11.3 Å². The smallest absolute Gasteiger partial charge is 0.315 e. The molecule has 5 heteroatoms. The van der Waals surface area contributed by atoms with Gasteiger partial charge in [-0.25, -0.2) is 0 Å². The van der Waals surface area contributed by atoms with E-state index in [1.165, 1.54) is 7.11 Å². The van der Waals surface area contributed by atoms with Gasteiger partial charge < -0.3 is 15.2 Å². The number of nitrogens with two attached hydrogens (primary N) is 1. The predicted octanol–water partition coefficient (Wildman–Crippen LogP) is 1.90. The van der Waals surface area contributed by atoms with Crippen molar-refractivity contribution in [3.8, 4) is 5.75 Å². The second kappa shape index (κ2) is 7.24. The minimum absolute atomic E-state index is 0. The van der Waals surface area contributed by atoms with Gasteiger partial charge in [0.05, 0.1) is 12.5 Å². The highest BCUT2D eigenvalue weighted by atomic mass is 35.5. The van der Waals surface area contributed by atoms with E-state index in [-0.39, 0.29) is 18.4 Å². The third-order valence-corrected chi connectivity index (χ3v) is 2.66. The fourth-order valence-electron chi connectivity index (χ4n) is 1.52. The summed E-state index contributed by atoms with van der Waals surface area (Å²) >= 11 is 0. The average molecular weight is 274 g/mol. The molecule has 0 saturated heterocycles. The predicted molar refractivity (Wildman–Crippen MR) is 73.3 cm³/mol. The van der Waals surface area contributed by atoms with E-state index in [9.17, 15) is 4.79 Å². The van der Waals surface area contributed by atoms with E-state index in [2.05, 4.69) is 0 Å². The average Bonchev–Trinajstić information content (AvgIpc) is 2.35. The van der Waals surface area contributed by atoms with Crippen LogP contribution >= 0.6 is 12.4 Å². The van der Waals surface area contributed by atoms with Crippen molar-refractivity contribution in [1.29, 1.82) is 0 Å². The molecule has 0 spiro atoms. The molecule has 102 valence electrons. The lowest BCUT2D eigenvalue weighted by Gasteiger charge is -2.22. The van der Waals surface area contributed by atoms with Crippen LogP contribution in [0.15, 0.2) is 24.3 Å². The summed E-state index contributed by atoms with van der Waals surface area (Å²) in [7, 11) is 1.39. The van der Waals surface area contributed by atoms with Gasteiger partial charge in [0.2, 0.25) is 0 Å². The highest BCUT2D eigenvalue weighted by Gasteiger charge is 2.30. The molecule has 0 fully saturated rings. The zero-order valence-electron chi connectivity index (χ0n) is 10.9. The highest BCUT2D eigenvalue weighted by molar-refractivity contribution is 5.85. The first-order valence-electron chi connectivity index (χ1n) is 5.54. The third-order valence-electron chi connectivity index (χ3n) is 2.66. The van der Waals surface area contributed by atoms with Crippen LogP contribution in [0, 0.1) is 0 Å². The van der Waals surface area contributed by atoms with Gasteiger partial charge in [0.1, 0.15) is 12.4 Å². The van der Waals surface area contributed by atoms with Gasteiger partial charge in [-0.1, -0.05) is 12.1 Å². The Morgan fingerprint density at radius 2 is 1.83 bits per heavy atom. The molecule has 0 aliphatic rings. The number of halogens is 1. The lowest BCUT2D eigenvalue weighted by Crippen LogP contribution is -2.30. The van der Waals surface area contributed by atoms with Crippen molar-refractivity contribution in [2.45, 2.75) is 19.3 Å². The van der Waals surface area contributed by atoms with Crippen LogP contribution in [0.1, 0.15) is 19.4 Å². The Morgan fingerprint density at radius 3 is 2.28 bits per heavy atom. The molecular formula is C13H20ClNO3. The summed E-state index contributed by atoms with van der Waals surface area (Å²) in [5, 5.41) is 0. The molecular weight excluding hydrogens is 254 g/mol. The molecule has 0 aromatic heterocycles. The lowest BCUT2D eigenvalue weighted by atomic mass is 9.85. The molecule has 0 aliphatic heterocycles. The molecule has 0 radical (unpaired) electrons. The highest BCUT2D eigenvalue weighted by Crippen LogP contribution is 2.26. The van der Waals surface area contributed by atoms with E-state index in [1.54, 1.807) is 0 Å². The Balaban J connectivity index is 0.00000289. The summed E-state index contributed by atoms with van der Waals surface area (Å²) in [5.74, 6) is 0.494. The number of ether oxygens (including phenoxy) is 2. The molecule has 0 unspecified atom stereocenters. The quantitative estimate of drug-likeness (QED) is 0.833. The number of carbonyl (C=O) groups is 1. The molecule has 0 amide bonds. The van der Waals surface area contributed by atoms with Gasteiger partial charge in [-0.2, -0.15) is 0 Å². The van der Waals surface area contributed by atoms with Gasteiger partial charge in [0.15, 0.2) is 0 Å². The van der Waals surface area contributed by atoms with Crippen LogP contribution in [0.5, 0.6) is 5.75 Å². The van der Waals surface area contributed by atoms with Crippen molar-refractivity contribution in [3.63, 3.8) is 0 Å². The van der Waals surface area contributed by atoms with Gasteiger partial charge in [-0.05, 0) is 31.5 Å². The molecule has 0 bridgehead atoms. The SMILES string of the molecule is COC(=O)C(C)(C)c1ccc(OCCN)cc1.Cl. The van der Waals surface area contributed by atoms with E-state index in [4.69, 9.17) is 15.2 Å². The summed E-state index contributed by atoms with van der Waals surface area (Å²) in [4.78, 5) is 11.6. The number of benzene rings is 1. The Labute approximate surface area is 114 Å². The first-order valence-corrected chi connectivity index (χ1v) is 5.54. The summed E-state index contributed by atoms with van der Waals surface area (Å²) in [6.07, 6.45) is 0. The summed E-state index contributed by atoms with van der Waals surface area (Å²) in [6.45, 7) is 4.62. The van der Waals surface area contributed by atoms with E-state index in [1.807, 2.05) is 38.1 Å². The fraction of sp³-hybridized carbons (Fsp3) is 0.462. The van der Waals surface area contributed by atoms with Gasteiger partial charge in [-0.3, -0.25) is 4.79 Å². The number of rotatable bonds is 5. The maximum atomic E-state index is 11.6. The standard InChI is InChI=1S/C13H19NO3.ClH/c1-13(2,12(15)16-3)10-4-6-11(7-5-10)17-9-8-14;/h4-7H,8-9,14H2,1-3H3;1H. The molecule has 0 atom stereocenters. The van der Waals surface area contributed by atoms with Gasteiger partial charge in [0.25, 0.3) is 0 Å². The summed E-state index contributed by atoms with van der Waals surface area (Å²) < 4.78 is 10.1. The van der Waals surface area contributed by atoms with Gasteiger partial charge >= 0.3 is 5.97 Å². The van der Waals surface area contributed by atoms with Crippen molar-refractivity contribution in [2.75, 3.05) is 20.3 Å². The van der Waals surface area contributed by atoms with Crippen molar-refractivity contribution < 1.29 is 14.3 Å². The van der Waals surface area contributed by atoms with Gasteiger partial charge in [0, 0.05) is 6.54 Å². The van der Waals surface area contributed by atoms with Gasteiger partial charge in [-0.15, -0.1) is 12.4 Å². The fourth-order valence-corrected chi connectivity index (χ4v) is 1.52. The van der Waals surface area contributed by atoms with Crippen molar-refractivity contribution in [3.05, 3.63) is 29.8 Å². The van der Waals surface area contributed by atoms with Crippen molar-refractivity contribution in [2.24, 2.45) is 5.73 Å². The largest absolute Gasteiger partial charge is 0.492 e. The normalized spacial score (nSPS) is 10.4. The van der Waals surface area contributed by atoms with Crippen LogP contribution in [0.25, 0.3) is 0 Å². The van der Waals surface area contributed by atoms with Crippen molar-refractivity contribution >= 4 is 18.4 Å². The minimum atomic E-state index is -0.652. The second-order valence-electron chi connectivity index (χ2n) is 4.28. The van der Waals surface area contributed by atoms with Crippen LogP contribution in [-0.4, -0.2) is 26.2 Å². The number of methoxy groups -OCH3 is 1. The Hall–Kier alpha value is -1.26. The van der Waals surface area contributed by atoms with Crippen LogP contribution in [0.2, 0.25) is 0 Å².